The molecule has 0 aliphatic heterocycles. The summed E-state index contributed by atoms with van der Waals surface area (Å²) >= 11 is 1.72. The van der Waals surface area contributed by atoms with Gasteiger partial charge in [-0.05, 0) is 24.3 Å². The Morgan fingerprint density at radius 1 is 1.54 bits per heavy atom. The van der Waals surface area contributed by atoms with Crippen LogP contribution in [0.25, 0.3) is 0 Å². The van der Waals surface area contributed by atoms with Crippen LogP contribution in [0.2, 0.25) is 0 Å². The summed E-state index contributed by atoms with van der Waals surface area (Å²) in [4.78, 5) is 5.41. The first-order valence-electron chi connectivity index (χ1n) is 4.61. The van der Waals surface area contributed by atoms with E-state index in [1.807, 2.05) is 11.7 Å². The van der Waals surface area contributed by atoms with E-state index in [4.69, 9.17) is 5.73 Å². The van der Waals surface area contributed by atoms with E-state index in [1.165, 1.54) is 4.88 Å². The predicted octanol–water partition coefficient (Wildman–Crippen LogP) is 2.31. The molecule has 1 aromatic rings. The smallest absolute Gasteiger partial charge is 0.0794 e. The number of hydrogen-bond acceptors (Lipinski definition) is 3. The fraction of sp³-hybridized carbons (Fsp3) is 0.700. The molecule has 0 fully saturated rings. The molecule has 0 saturated carbocycles. The van der Waals surface area contributed by atoms with Gasteiger partial charge in [0.2, 0.25) is 0 Å². The number of nitrogens with two attached hydrogens (primary N) is 1. The van der Waals surface area contributed by atoms with Gasteiger partial charge in [0, 0.05) is 11.1 Å². The van der Waals surface area contributed by atoms with E-state index < -0.39 is 0 Å². The molecule has 1 rings (SSSR count). The predicted molar refractivity (Wildman–Crippen MR) is 57.8 cm³/mol. The molecule has 0 radical (unpaired) electrons. The van der Waals surface area contributed by atoms with Crippen LogP contribution in [-0.4, -0.2) is 11.5 Å². The Morgan fingerprint density at radius 3 is 2.62 bits per heavy atom. The maximum Gasteiger partial charge on any atom is 0.0794 e. The third-order valence-corrected chi connectivity index (χ3v) is 3.24. The van der Waals surface area contributed by atoms with E-state index in [-0.39, 0.29) is 0 Å². The number of rotatable bonds is 3. The first kappa shape index (κ1) is 10.7. The van der Waals surface area contributed by atoms with Gasteiger partial charge in [-0.1, -0.05) is 20.8 Å². The van der Waals surface area contributed by atoms with E-state index in [0.29, 0.717) is 11.3 Å². The second-order valence-electron chi connectivity index (χ2n) is 4.47. The van der Waals surface area contributed by atoms with Crippen LogP contribution in [0.3, 0.4) is 0 Å². The number of nitrogens with zero attached hydrogens (tertiary/aromatic N) is 1. The Morgan fingerprint density at radius 2 is 2.23 bits per heavy atom. The maximum atomic E-state index is 5.76. The largest absolute Gasteiger partial charge is 0.330 e. The van der Waals surface area contributed by atoms with E-state index in [2.05, 4.69) is 25.8 Å². The zero-order chi connectivity index (χ0) is 9.90. The fourth-order valence-electron chi connectivity index (χ4n) is 1.33. The zero-order valence-electron chi connectivity index (χ0n) is 8.58. The van der Waals surface area contributed by atoms with Gasteiger partial charge in [-0.2, -0.15) is 0 Å². The van der Waals surface area contributed by atoms with Crippen LogP contribution in [0.15, 0.2) is 11.7 Å². The molecule has 2 nitrogen and oxygen atoms in total. The number of hydrogen-bond donors (Lipinski definition) is 1. The van der Waals surface area contributed by atoms with Gasteiger partial charge in [-0.15, -0.1) is 11.3 Å². The van der Waals surface area contributed by atoms with Gasteiger partial charge in [0.25, 0.3) is 0 Å². The van der Waals surface area contributed by atoms with Crippen molar-refractivity contribution in [3.63, 3.8) is 0 Å². The molecule has 0 saturated heterocycles. The third-order valence-electron chi connectivity index (χ3n) is 2.44. The normalized spacial score (nSPS) is 14.5. The Bertz CT molecular complexity index is 236. The highest BCUT2D eigenvalue weighted by atomic mass is 32.1. The molecule has 0 amide bonds. The van der Waals surface area contributed by atoms with Crippen LogP contribution in [0, 0.1) is 11.3 Å². The van der Waals surface area contributed by atoms with Crippen molar-refractivity contribution in [3.05, 3.63) is 16.6 Å². The molecule has 0 spiro atoms. The van der Waals surface area contributed by atoms with Gasteiger partial charge in [0.15, 0.2) is 0 Å². The lowest BCUT2D eigenvalue weighted by Gasteiger charge is -2.29. The second-order valence-corrected chi connectivity index (χ2v) is 5.44. The Hall–Kier alpha value is -0.410. The first-order chi connectivity index (χ1) is 6.04. The van der Waals surface area contributed by atoms with Gasteiger partial charge in [0.1, 0.15) is 0 Å². The average molecular weight is 198 g/mol. The first-order valence-corrected chi connectivity index (χ1v) is 5.49. The molecule has 0 aromatic carbocycles. The Labute approximate surface area is 84.2 Å². The van der Waals surface area contributed by atoms with Gasteiger partial charge in [-0.3, -0.25) is 4.98 Å². The van der Waals surface area contributed by atoms with Crippen LogP contribution < -0.4 is 5.73 Å². The standard InChI is InChI=1S/C10H18N2S/c1-10(2,3)8(5-11)4-9-6-12-7-13-9/h6-8H,4-5,11H2,1-3H3. The average Bonchev–Trinajstić information content (AvgIpc) is 2.49. The van der Waals surface area contributed by atoms with Crippen LogP contribution in [0.1, 0.15) is 25.6 Å². The molecule has 3 heteroatoms. The fourth-order valence-corrected chi connectivity index (χ4v) is 2.01. The molecule has 13 heavy (non-hydrogen) atoms. The third kappa shape index (κ3) is 3.08. The van der Waals surface area contributed by atoms with Crippen molar-refractivity contribution in [2.24, 2.45) is 17.1 Å². The van der Waals surface area contributed by atoms with Crippen molar-refractivity contribution in [1.29, 1.82) is 0 Å². The summed E-state index contributed by atoms with van der Waals surface area (Å²) in [5.41, 5.74) is 7.93. The van der Waals surface area contributed by atoms with Crippen LogP contribution in [-0.2, 0) is 6.42 Å². The van der Waals surface area contributed by atoms with Gasteiger partial charge >= 0.3 is 0 Å². The van der Waals surface area contributed by atoms with Crippen molar-refractivity contribution in [2.75, 3.05) is 6.54 Å². The van der Waals surface area contributed by atoms with Crippen LogP contribution >= 0.6 is 11.3 Å². The minimum Gasteiger partial charge on any atom is -0.330 e. The highest BCUT2D eigenvalue weighted by Crippen LogP contribution is 2.28. The quantitative estimate of drug-likeness (QED) is 0.809. The molecule has 2 N–H and O–H groups in total. The lowest BCUT2D eigenvalue weighted by atomic mass is 9.78. The van der Waals surface area contributed by atoms with Gasteiger partial charge in [0.05, 0.1) is 5.51 Å². The molecular weight excluding hydrogens is 180 g/mol. The number of thiazole rings is 1. The molecule has 1 atom stereocenters. The summed E-state index contributed by atoms with van der Waals surface area (Å²) in [7, 11) is 0. The van der Waals surface area contributed by atoms with Crippen LogP contribution in [0.5, 0.6) is 0 Å². The summed E-state index contributed by atoms with van der Waals surface area (Å²) in [6.45, 7) is 7.48. The van der Waals surface area contributed by atoms with E-state index in [0.717, 1.165) is 13.0 Å². The molecular formula is C10H18N2S. The molecule has 0 aliphatic carbocycles. The molecule has 0 aliphatic rings. The van der Waals surface area contributed by atoms with Crippen LogP contribution in [0.4, 0.5) is 0 Å². The highest BCUT2D eigenvalue weighted by Gasteiger charge is 2.23. The Balaban J connectivity index is 2.60. The topological polar surface area (TPSA) is 38.9 Å². The van der Waals surface area contributed by atoms with E-state index >= 15 is 0 Å². The maximum absolute atomic E-state index is 5.76. The lowest BCUT2D eigenvalue weighted by molar-refractivity contribution is 0.247. The summed E-state index contributed by atoms with van der Waals surface area (Å²) in [6, 6.07) is 0. The van der Waals surface area contributed by atoms with E-state index in [1.54, 1.807) is 11.3 Å². The van der Waals surface area contributed by atoms with Crippen molar-refractivity contribution >= 4 is 11.3 Å². The Kier molecular flexibility index (Phi) is 3.45. The van der Waals surface area contributed by atoms with Crippen molar-refractivity contribution in [3.8, 4) is 0 Å². The van der Waals surface area contributed by atoms with Crippen molar-refractivity contribution < 1.29 is 0 Å². The van der Waals surface area contributed by atoms with Gasteiger partial charge < -0.3 is 5.73 Å². The summed E-state index contributed by atoms with van der Waals surface area (Å²) < 4.78 is 0. The van der Waals surface area contributed by atoms with Crippen molar-refractivity contribution in [2.45, 2.75) is 27.2 Å². The summed E-state index contributed by atoms with van der Waals surface area (Å²) in [5.74, 6) is 0.549. The summed E-state index contributed by atoms with van der Waals surface area (Å²) in [6.07, 6.45) is 3.00. The van der Waals surface area contributed by atoms with E-state index in [9.17, 15) is 0 Å². The molecule has 1 heterocycles. The lowest BCUT2D eigenvalue weighted by Crippen LogP contribution is -2.29. The van der Waals surface area contributed by atoms with Crippen molar-refractivity contribution in [1.82, 2.24) is 4.98 Å². The zero-order valence-corrected chi connectivity index (χ0v) is 9.40. The molecule has 74 valence electrons. The van der Waals surface area contributed by atoms with Gasteiger partial charge in [-0.25, -0.2) is 0 Å². The minimum absolute atomic E-state index is 0.290. The highest BCUT2D eigenvalue weighted by molar-refractivity contribution is 7.09. The monoisotopic (exact) mass is 198 g/mol. The SMILES string of the molecule is CC(C)(C)C(CN)Cc1cncs1. The molecule has 1 aromatic heterocycles. The molecule has 0 bridgehead atoms. The molecule has 1 unspecified atom stereocenters. The second kappa shape index (κ2) is 4.20. The minimum atomic E-state index is 0.290. The number of aromatic nitrogens is 1. The summed E-state index contributed by atoms with van der Waals surface area (Å²) in [5, 5.41) is 0.